The van der Waals surface area contributed by atoms with Crippen molar-refractivity contribution in [1.29, 1.82) is 0 Å². The van der Waals surface area contributed by atoms with Crippen molar-refractivity contribution in [3.8, 4) is 0 Å². The lowest BCUT2D eigenvalue weighted by Gasteiger charge is -2.09. The van der Waals surface area contributed by atoms with Crippen LogP contribution in [0.3, 0.4) is 0 Å². The number of aromatic amines is 1. The molecule has 0 spiro atoms. The van der Waals surface area contributed by atoms with Crippen LogP contribution in [0.2, 0.25) is 0 Å². The van der Waals surface area contributed by atoms with Crippen LogP contribution in [0.15, 0.2) is 36.9 Å². The van der Waals surface area contributed by atoms with Crippen LogP contribution >= 0.6 is 0 Å². The molecule has 0 saturated heterocycles. The maximum Gasteiger partial charge on any atom is 0.272 e. The molecule has 0 atom stereocenters. The summed E-state index contributed by atoms with van der Waals surface area (Å²) in [4.78, 5) is 29.0. The molecule has 10 heteroatoms. The Bertz CT molecular complexity index is 1270. The molecule has 1 saturated carbocycles. The molecule has 0 aliphatic heterocycles. The number of imidazole rings is 1. The quantitative estimate of drug-likeness (QED) is 0.428. The van der Waals surface area contributed by atoms with Crippen molar-refractivity contribution < 1.29 is 9.18 Å². The van der Waals surface area contributed by atoms with E-state index in [1.54, 1.807) is 30.2 Å². The minimum absolute atomic E-state index is 0.146. The molecule has 9 nitrogen and oxygen atoms in total. The number of amides is 1. The van der Waals surface area contributed by atoms with E-state index in [1.165, 1.54) is 31.3 Å². The van der Waals surface area contributed by atoms with E-state index >= 15 is 0 Å². The highest BCUT2D eigenvalue weighted by atomic mass is 19.1. The highest BCUT2D eigenvalue weighted by Gasteiger charge is 2.23. The van der Waals surface area contributed by atoms with Crippen LogP contribution in [0.5, 0.6) is 0 Å². The summed E-state index contributed by atoms with van der Waals surface area (Å²) in [5.41, 5.74) is 3.18. The minimum Gasteiger partial charge on any atom is -0.353 e. The van der Waals surface area contributed by atoms with Gasteiger partial charge in [-0.25, -0.2) is 19.3 Å². The monoisotopic (exact) mass is 434 g/mol. The second-order valence-corrected chi connectivity index (χ2v) is 8.08. The number of carbonyl (C=O) groups is 1. The normalized spacial score (nSPS) is 14.2. The first-order chi connectivity index (χ1) is 15.5. The van der Waals surface area contributed by atoms with Gasteiger partial charge in [0.15, 0.2) is 11.3 Å². The van der Waals surface area contributed by atoms with Crippen LogP contribution in [-0.2, 0) is 13.6 Å². The van der Waals surface area contributed by atoms with Crippen LogP contribution in [0.25, 0.3) is 11.2 Å². The van der Waals surface area contributed by atoms with Crippen molar-refractivity contribution in [2.24, 2.45) is 7.05 Å². The number of H-pyrrole nitrogens is 1. The third-order valence-corrected chi connectivity index (χ3v) is 5.67. The summed E-state index contributed by atoms with van der Waals surface area (Å²) in [6.07, 6.45) is 9.33. The number of fused-ring (bicyclic) bond motifs is 1. The molecular formula is C22H23FN8O. The SMILES string of the molecule is Cn1cc(Nc2cc(F)cc(CNC(=O)c3ncnc4nc(C5CCCC5)[nH]c34)c2)cn1. The van der Waals surface area contributed by atoms with Crippen molar-refractivity contribution in [2.75, 3.05) is 5.32 Å². The van der Waals surface area contributed by atoms with Crippen LogP contribution in [0.4, 0.5) is 15.8 Å². The van der Waals surface area contributed by atoms with Crippen molar-refractivity contribution in [3.05, 3.63) is 59.8 Å². The zero-order valence-corrected chi connectivity index (χ0v) is 17.6. The summed E-state index contributed by atoms with van der Waals surface area (Å²) in [6, 6.07) is 4.56. The number of anilines is 2. The van der Waals surface area contributed by atoms with E-state index in [0.29, 0.717) is 28.3 Å². The predicted molar refractivity (Wildman–Crippen MR) is 117 cm³/mol. The number of rotatable bonds is 6. The lowest BCUT2D eigenvalue weighted by Crippen LogP contribution is -2.24. The van der Waals surface area contributed by atoms with Gasteiger partial charge in [0.05, 0.1) is 11.9 Å². The van der Waals surface area contributed by atoms with Gasteiger partial charge in [0, 0.05) is 31.4 Å². The van der Waals surface area contributed by atoms with Gasteiger partial charge in [-0.1, -0.05) is 12.8 Å². The molecule has 1 amide bonds. The molecule has 1 aromatic carbocycles. The number of halogens is 1. The van der Waals surface area contributed by atoms with E-state index in [0.717, 1.165) is 24.4 Å². The van der Waals surface area contributed by atoms with Crippen molar-refractivity contribution in [1.82, 2.24) is 35.0 Å². The Kier molecular flexibility index (Phi) is 5.26. The van der Waals surface area contributed by atoms with Gasteiger partial charge in [-0.15, -0.1) is 0 Å². The first kappa shape index (κ1) is 20.1. The van der Waals surface area contributed by atoms with Crippen molar-refractivity contribution in [2.45, 2.75) is 38.1 Å². The Morgan fingerprint density at radius 1 is 1.22 bits per heavy atom. The molecule has 5 rings (SSSR count). The number of nitrogens with zero attached hydrogens (tertiary/aromatic N) is 5. The third-order valence-electron chi connectivity index (χ3n) is 5.67. The Balaban J connectivity index is 1.32. The average molecular weight is 434 g/mol. The lowest BCUT2D eigenvalue weighted by molar-refractivity contribution is 0.0947. The summed E-state index contributed by atoms with van der Waals surface area (Å²) in [7, 11) is 1.80. The van der Waals surface area contributed by atoms with Crippen molar-refractivity contribution >= 4 is 28.4 Å². The molecule has 0 unspecified atom stereocenters. The Labute approximate surface area is 183 Å². The maximum absolute atomic E-state index is 14.1. The van der Waals surface area contributed by atoms with E-state index in [9.17, 15) is 9.18 Å². The van der Waals surface area contributed by atoms with Gasteiger partial charge in [0.25, 0.3) is 5.91 Å². The van der Waals surface area contributed by atoms with E-state index in [1.807, 2.05) is 0 Å². The van der Waals surface area contributed by atoms with Gasteiger partial charge >= 0.3 is 0 Å². The molecule has 1 aliphatic rings. The Morgan fingerprint density at radius 2 is 2.06 bits per heavy atom. The highest BCUT2D eigenvalue weighted by Crippen LogP contribution is 2.33. The molecule has 3 heterocycles. The molecule has 32 heavy (non-hydrogen) atoms. The standard InChI is InChI=1S/C22H23FN8O/c1-31-11-17(10-27-31)28-16-7-13(6-15(23)8-16)9-24-22(32)19-18-21(26-12-25-19)30-20(29-18)14-4-2-3-5-14/h6-8,10-12,14,28H,2-5,9H2,1H3,(H,24,32)(H,25,26,29,30). The van der Waals surface area contributed by atoms with Crippen LogP contribution in [0, 0.1) is 5.82 Å². The summed E-state index contributed by atoms with van der Waals surface area (Å²) < 4.78 is 15.8. The fraction of sp³-hybridized carbons (Fsp3) is 0.318. The van der Waals surface area contributed by atoms with Gasteiger partial charge in [-0.05, 0) is 36.6 Å². The zero-order valence-electron chi connectivity index (χ0n) is 17.6. The largest absolute Gasteiger partial charge is 0.353 e. The second kappa shape index (κ2) is 8.37. The maximum atomic E-state index is 14.1. The second-order valence-electron chi connectivity index (χ2n) is 8.08. The summed E-state index contributed by atoms with van der Waals surface area (Å²) in [6.45, 7) is 0.146. The molecule has 3 aromatic heterocycles. The molecular weight excluding hydrogens is 411 g/mol. The summed E-state index contributed by atoms with van der Waals surface area (Å²) >= 11 is 0. The number of aromatic nitrogens is 6. The summed E-state index contributed by atoms with van der Waals surface area (Å²) in [5, 5.41) is 10.0. The minimum atomic E-state index is -0.401. The Hall–Kier alpha value is -3.82. The number of nitrogens with one attached hydrogen (secondary N) is 3. The van der Waals surface area contributed by atoms with E-state index in [4.69, 9.17) is 0 Å². The first-order valence-corrected chi connectivity index (χ1v) is 10.6. The van der Waals surface area contributed by atoms with E-state index in [2.05, 4.69) is 35.7 Å². The van der Waals surface area contributed by atoms with Crippen molar-refractivity contribution in [3.63, 3.8) is 0 Å². The molecule has 0 bridgehead atoms. The molecule has 1 fully saturated rings. The Morgan fingerprint density at radius 3 is 2.84 bits per heavy atom. The third kappa shape index (κ3) is 4.16. The highest BCUT2D eigenvalue weighted by molar-refractivity contribution is 6.02. The number of hydrogen-bond acceptors (Lipinski definition) is 6. The van der Waals surface area contributed by atoms with E-state index in [-0.39, 0.29) is 18.1 Å². The topological polar surface area (TPSA) is 113 Å². The van der Waals surface area contributed by atoms with Gasteiger partial charge in [-0.2, -0.15) is 5.10 Å². The van der Waals surface area contributed by atoms with Crippen LogP contribution < -0.4 is 10.6 Å². The number of hydrogen-bond donors (Lipinski definition) is 3. The van der Waals surface area contributed by atoms with Gasteiger partial charge in [-0.3, -0.25) is 9.48 Å². The van der Waals surface area contributed by atoms with Gasteiger partial charge in [0.2, 0.25) is 0 Å². The molecule has 3 N–H and O–H groups in total. The smallest absolute Gasteiger partial charge is 0.272 e. The predicted octanol–water partition coefficient (Wildman–Crippen LogP) is 3.56. The number of aryl methyl sites for hydroxylation is 1. The van der Waals surface area contributed by atoms with Gasteiger partial charge in [0.1, 0.15) is 23.5 Å². The van der Waals surface area contributed by atoms with Crippen LogP contribution in [0.1, 0.15) is 53.5 Å². The summed E-state index contributed by atoms with van der Waals surface area (Å²) in [5.74, 6) is 0.467. The lowest BCUT2D eigenvalue weighted by atomic mass is 10.1. The first-order valence-electron chi connectivity index (χ1n) is 10.6. The molecule has 0 radical (unpaired) electrons. The fourth-order valence-corrected chi connectivity index (χ4v) is 4.15. The van der Waals surface area contributed by atoms with E-state index < -0.39 is 5.82 Å². The molecule has 4 aromatic rings. The van der Waals surface area contributed by atoms with Crippen LogP contribution in [-0.4, -0.2) is 35.6 Å². The molecule has 164 valence electrons. The number of benzene rings is 1. The number of carbonyl (C=O) groups excluding carboxylic acids is 1. The fourth-order valence-electron chi connectivity index (χ4n) is 4.15. The molecule has 1 aliphatic carbocycles. The van der Waals surface area contributed by atoms with Gasteiger partial charge < -0.3 is 15.6 Å². The zero-order chi connectivity index (χ0) is 22.1. The average Bonchev–Trinajstić information content (AvgIpc) is 3.51.